The van der Waals surface area contributed by atoms with Gasteiger partial charge in [-0.2, -0.15) is 0 Å². The van der Waals surface area contributed by atoms with Crippen LogP contribution < -0.4 is 4.90 Å². The van der Waals surface area contributed by atoms with E-state index in [1.54, 1.807) is 0 Å². The Morgan fingerprint density at radius 3 is 1.26 bits per heavy atom. The van der Waals surface area contributed by atoms with E-state index in [-0.39, 0.29) is 0 Å². The molecule has 9 aromatic carbocycles. The van der Waals surface area contributed by atoms with Crippen LogP contribution in [-0.2, 0) is 0 Å². The van der Waals surface area contributed by atoms with Gasteiger partial charge in [-0.1, -0.05) is 176 Å². The van der Waals surface area contributed by atoms with E-state index in [0.29, 0.717) is 0 Å². The molecule has 0 bridgehead atoms. The summed E-state index contributed by atoms with van der Waals surface area (Å²) in [5.41, 5.74) is 15.4. The zero-order chi connectivity index (χ0) is 35.4. The lowest BCUT2D eigenvalue weighted by Crippen LogP contribution is -2.10. The quantitative estimate of drug-likeness (QED) is 0.155. The third kappa shape index (κ3) is 6.65. The first-order valence-corrected chi connectivity index (χ1v) is 18.2. The van der Waals surface area contributed by atoms with Gasteiger partial charge in [-0.3, -0.25) is 0 Å². The number of anilines is 3. The van der Waals surface area contributed by atoms with Crippen molar-refractivity contribution < 1.29 is 0 Å². The topological polar surface area (TPSA) is 3.24 Å². The molecule has 0 aliphatic heterocycles. The molecule has 0 amide bonds. The Labute approximate surface area is 311 Å². The summed E-state index contributed by atoms with van der Waals surface area (Å²) in [6.07, 6.45) is 0. The number of benzene rings is 9. The highest BCUT2D eigenvalue weighted by atomic mass is 15.1. The van der Waals surface area contributed by atoms with Gasteiger partial charge in [0.1, 0.15) is 0 Å². The summed E-state index contributed by atoms with van der Waals surface area (Å²) in [6, 6.07) is 80.8. The van der Waals surface area contributed by atoms with Gasteiger partial charge in [0.05, 0.1) is 0 Å². The SMILES string of the molecule is c1ccc(-c2ccc(N(c3ccc(-c4cccc(-c5cccc(-c6cccc7ccccc67)c5)c4)cc3)c3cccc(-c4ccccc4)c3)cc2)cc1. The molecule has 1 nitrogen and oxygen atoms in total. The summed E-state index contributed by atoms with van der Waals surface area (Å²) in [5, 5.41) is 2.53. The van der Waals surface area contributed by atoms with Gasteiger partial charge in [0.25, 0.3) is 0 Å². The van der Waals surface area contributed by atoms with E-state index in [1.807, 2.05) is 0 Å². The van der Waals surface area contributed by atoms with Crippen LogP contribution in [0.1, 0.15) is 0 Å². The van der Waals surface area contributed by atoms with Crippen molar-refractivity contribution in [2.24, 2.45) is 0 Å². The molecular weight excluding hydrogens is 639 g/mol. The van der Waals surface area contributed by atoms with Crippen molar-refractivity contribution in [1.82, 2.24) is 0 Å². The second-order valence-electron chi connectivity index (χ2n) is 13.4. The van der Waals surface area contributed by atoms with Gasteiger partial charge in [0, 0.05) is 17.1 Å². The van der Waals surface area contributed by atoms with Crippen molar-refractivity contribution in [1.29, 1.82) is 0 Å². The highest BCUT2D eigenvalue weighted by Gasteiger charge is 2.15. The van der Waals surface area contributed by atoms with E-state index < -0.39 is 0 Å². The van der Waals surface area contributed by atoms with Crippen molar-refractivity contribution >= 4 is 27.8 Å². The summed E-state index contributed by atoms with van der Waals surface area (Å²) in [7, 11) is 0. The number of hydrogen-bond donors (Lipinski definition) is 0. The van der Waals surface area contributed by atoms with Crippen molar-refractivity contribution in [3.8, 4) is 55.6 Å². The van der Waals surface area contributed by atoms with Crippen LogP contribution in [0.5, 0.6) is 0 Å². The first-order valence-electron chi connectivity index (χ1n) is 18.2. The fourth-order valence-electron chi connectivity index (χ4n) is 7.36. The van der Waals surface area contributed by atoms with Gasteiger partial charge in [0.15, 0.2) is 0 Å². The Kier molecular flexibility index (Phi) is 8.66. The third-order valence-electron chi connectivity index (χ3n) is 10.1. The molecule has 250 valence electrons. The molecule has 9 rings (SSSR count). The number of rotatable bonds is 8. The maximum Gasteiger partial charge on any atom is 0.0467 e. The van der Waals surface area contributed by atoms with E-state index in [0.717, 1.165) is 17.1 Å². The lowest BCUT2D eigenvalue weighted by atomic mass is 9.94. The third-order valence-corrected chi connectivity index (χ3v) is 10.1. The minimum Gasteiger partial charge on any atom is -0.310 e. The molecule has 0 N–H and O–H groups in total. The molecule has 0 saturated carbocycles. The minimum atomic E-state index is 1.10. The van der Waals surface area contributed by atoms with Crippen LogP contribution >= 0.6 is 0 Å². The highest BCUT2D eigenvalue weighted by Crippen LogP contribution is 2.39. The van der Waals surface area contributed by atoms with E-state index in [4.69, 9.17) is 0 Å². The zero-order valence-corrected chi connectivity index (χ0v) is 29.3. The van der Waals surface area contributed by atoms with E-state index in [1.165, 1.54) is 66.4 Å². The number of nitrogens with zero attached hydrogens (tertiary/aromatic N) is 1. The molecule has 0 radical (unpaired) electrons. The predicted molar refractivity (Wildman–Crippen MR) is 226 cm³/mol. The van der Waals surface area contributed by atoms with E-state index in [2.05, 4.69) is 229 Å². The fraction of sp³-hybridized carbons (Fsp3) is 0. The van der Waals surface area contributed by atoms with Crippen molar-refractivity contribution in [3.63, 3.8) is 0 Å². The van der Waals surface area contributed by atoms with Crippen LogP contribution in [0.2, 0.25) is 0 Å². The van der Waals surface area contributed by atoms with Crippen molar-refractivity contribution in [3.05, 3.63) is 224 Å². The van der Waals surface area contributed by atoms with Crippen LogP contribution in [0, 0.1) is 0 Å². The normalized spacial score (nSPS) is 11.0. The molecule has 9 aromatic rings. The summed E-state index contributed by atoms with van der Waals surface area (Å²) < 4.78 is 0. The van der Waals surface area contributed by atoms with Crippen LogP contribution in [0.3, 0.4) is 0 Å². The summed E-state index contributed by atoms with van der Waals surface area (Å²) >= 11 is 0. The molecule has 0 aliphatic rings. The van der Waals surface area contributed by atoms with Gasteiger partial charge in [-0.05, 0) is 115 Å². The molecule has 0 unspecified atom stereocenters. The average molecular weight is 676 g/mol. The Bertz CT molecular complexity index is 2640. The largest absolute Gasteiger partial charge is 0.310 e. The minimum absolute atomic E-state index is 1.10. The Hall–Kier alpha value is -6.96. The van der Waals surface area contributed by atoms with Crippen molar-refractivity contribution in [2.45, 2.75) is 0 Å². The summed E-state index contributed by atoms with van der Waals surface area (Å²) in [6.45, 7) is 0. The smallest absolute Gasteiger partial charge is 0.0467 e. The molecule has 0 spiro atoms. The van der Waals surface area contributed by atoms with Crippen molar-refractivity contribution in [2.75, 3.05) is 4.90 Å². The fourth-order valence-corrected chi connectivity index (χ4v) is 7.36. The van der Waals surface area contributed by atoms with Gasteiger partial charge in [-0.25, -0.2) is 0 Å². The monoisotopic (exact) mass is 675 g/mol. The number of fused-ring (bicyclic) bond motifs is 1. The summed E-state index contributed by atoms with van der Waals surface area (Å²) in [5.74, 6) is 0. The maximum absolute atomic E-state index is 2.35. The van der Waals surface area contributed by atoms with Crippen LogP contribution in [0.4, 0.5) is 17.1 Å². The molecule has 0 aliphatic carbocycles. The molecular formula is C52H37N. The highest BCUT2D eigenvalue weighted by molar-refractivity contribution is 5.97. The van der Waals surface area contributed by atoms with Crippen LogP contribution in [-0.4, -0.2) is 0 Å². The summed E-state index contributed by atoms with van der Waals surface area (Å²) in [4.78, 5) is 2.35. The van der Waals surface area contributed by atoms with Crippen LogP contribution in [0.25, 0.3) is 66.4 Å². The zero-order valence-electron chi connectivity index (χ0n) is 29.3. The van der Waals surface area contributed by atoms with Crippen LogP contribution in [0.15, 0.2) is 224 Å². The first kappa shape index (κ1) is 32.0. The predicted octanol–water partition coefficient (Wildman–Crippen LogP) is 14.6. The Morgan fingerprint density at radius 2 is 0.623 bits per heavy atom. The van der Waals surface area contributed by atoms with E-state index in [9.17, 15) is 0 Å². The van der Waals surface area contributed by atoms with E-state index >= 15 is 0 Å². The number of hydrogen-bond acceptors (Lipinski definition) is 1. The molecule has 1 heteroatoms. The molecule has 0 saturated heterocycles. The standard InChI is InChI=1S/C52H37N/c1-3-13-38(14-4-1)40-27-31-48(32-28-40)53(50-24-11-22-46(37-50)39-15-5-2-6-16-39)49-33-29-41(30-34-49)43-19-9-20-44(35-43)45-21-10-23-47(36-45)52-26-12-18-42-17-7-8-25-51(42)52/h1-37H. The maximum atomic E-state index is 2.35. The Balaban J connectivity index is 1.06. The molecule has 0 atom stereocenters. The molecule has 0 aromatic heterocycles. The Morgan fingerprint density at radius 1 is 0.226 bits per heavy atom. The van der Waals surface area contributed by atoms with Gasteiger partial charge < -0.3 is 4.90 Å². The second kappa shape index (κ2) is 14.3. The molecule has 53 heavy (non-hydrogen) atoms. The van der Waals surface area contributed by atoms with Gasteiger partial charge in [0.2, 0.25) is 0 Å². The van der Waals surface area contributed by atoms with Gasteiger partial charge >= 0.3 is 0 Å². The molecule has 0 fully saturated rings. The average Bonchev–Trinajstić information content (AvgIpc) is 3.25. The molecule has 0 heterocycles. The lowest BCUT2D eigenvalue weighted by Gasteiger charge is -2.26. The first-order chi connectivity index (χ1) is 26.3. The lowest BCUT2D eigenvalue weighted by molar-refractivity contribution is 1.28. The second-order valence-corrected chi connectivity index (χ2v) is 13.4. The van der Waals surface area contributed by atoms with Gasteiger partial charge in [-0.15, -0.1) is 0 Å².